The van der Waals surface area contributed by atoms with Gasteiger partial charge < -0.3 is 0 Å². The maximum atomic E-state index is 4.66. The van der Waals surface area contributed by atoms with Gasteiger partial charge in [-0.2, -0.15) is 0 Å². The molecule has 0 radical (unpaired) electrons. The highest BCUT2D eigenvalue weighted by molar-refractivity contribution is 5.60. The fourth-order valence-electron chi connectivity index (χ4n) is 4.62. The average molecular weight is 436 g/mol. The van der Waals surface area contributed by atoms with E-state index in [1.54, 1.807) is 0 Å². The first-order valence-electron chi connectivity index (χ1n) is 12.0. The van der Waals surface area contributed by atoms with Gasteiger partial charge in [-0.05, 0) is 89.6 Å². The lowest BCUT2D eigenvalue weighted by Crippen LogP contribution is -2.09. The number of aryl methyl sites for hydroxylation is 1. The molecule has 0 bridgehead atoms. The Morgan fingerprint density at radius 1 is 0.697 bits per heavy atom. The number of benzene rings is 1. The number of rotatable bonds is 9. The molecule has 3 heterocycles. The molecule has 3 aromatic heterocycles. The lowest BCUT2D eigenvalue weighted by molar-refractivity contribution is 0.488. The fourth-order valence-corrected chi connectivity index (χ4v) is 4.62. The zero-order valence-corrected chi connectivity index (χ0v) is 19.9. The van der Waals surface area contributed by atoms with Gasteiger partial charge in [0.25, 0.3) is 0 Å². The second-order valence-corrected chi connectivity index (χ2v) is 9.06. The van der Waals surface area contributed by atoms with E-state index in [4.69, 9.17) is 0 Å². The zero-order valence-electron chi connectivity index (χ0n) is 19.9. The van der Waals surface area contributed by atoms with Crippen molar-refractivity contribution in [2.24, 2.45) is 0 Å². The third-order valence-electron chi connectivity index (χ3n) is 6.72. The second kappa shape index (κ2) is 11.0. The number of hydrogen-bond donors (Lipinski definition) is 0. The van der Waals surface area contributed by atoms with Crippen molar-refractivity contribution in [3.05, 3.63) is 114 Å². The summed E-state index contributed by atoms with van der Waals surface area (Å²) in [5.41, 5.74) is 7.57. The average Bonchev–Trinajstić information content (AvgIpc) is 2.89. The molecule has 168 valence electrons. The molecular formula is C30H33N3. The smallest absolute Gasteiger partial charge is 0.0704 e. The van der Waals surface area contributed by atoms with Crippen LogP contribution in [0.15, 0.2) is 91.6 Å². The Morgan fingerprint density at radius 2 is 1.39 bits per heavy atom. The Bertz CT molecular complexity index is 1120. The maximum absolute atomic E-state index is 4.66. The molecule has 0 spiro atoms. The largest absolute Gasteiger partial charge is 0.265 e. The van der Waals surface area contributed by atoms with Gasteiger partial charge in [-0.25, -0.2) is 0 Å². The van der Waals surface area contributed by atoms with Crippen molar-refractivity contribution in [1.29, 1.82) is 0 Å². The monoisotopic (exact) mass is 435 g/mol. The molecule has 4 aromatic rings. The summed E-state index contributed by atoms with van der Waals surface area (Å²) in [6.45, 7) is 6.83. The molecule has 0 aliphatic carbocycles. The Hall–Kier alpha value is -3.33. The number of pyridine rings is 3. The van der Waals surface area contributed by atoms with Crippen molar-refractivity contribution >= 4 is 0 Å². The SMILES string of the molecule is CCc1ccc(-c2cc(C(C)CC(CC(C)c3cccnc3)c3ccncc3)ccn2)cc1. The van der Waals surface area contributed by atoms with Crippen LogP contribution in [0, 0.1) is 0 Å². The van der Waals surface area contributed by atoms with E-state index in [2.05, 4.69) is 90.3 Å². The number of aromatic nitrogens is 3. The van der Waals surface area contributed by atoms with Crippen LogP contribution in [-0.4, -0.2) is 15.0 Å². The van der Waals surface area contributed by atoms with Crippen molar-refractivity contribution in [3.63, 3.8) is 0 Å². The predicted octanol–water partition coefficient (Wildman–Crippen LogP) is 7.57. The summed E-state index contributed by atoms with van der Waals surface area (Å²) in [7, 11) is 0. The van der Waals surface area contributed by atoms with E-state index < -0.39 is 0 Å². The Labute approximate surface area is 198 Å². The van der Waals surface area contributed by atoms with Gasteiger partial charge in [-0.3, -0.25) is 15.0 Å². The van der Waals surface area contributed by atoms with Crippen LogP contribution >= 0.6 is 0 Å². The van der Waals surface area contributed by atoms with Gasteiger partial charge >= 0.3 is 0 Å². The molecule has 3 unspecified atom stereocenters. The topological polar surface area (TPSA) is 38.7 Å². The van der Waals surface area contributed by atoms with Crippen molar-refractivity contribution in [3.8, 4) is 11.3 Å². The highest BCUT2D eigenvalue weighted by Gasteiger charge is 2.21. The van der Waals surface area contributed by atoms with Crippen molar-refractivity contribution in [1.82, 2.24) is 15.0 Å². The summed E-state index contributed by atoms with van der Waals surface area (Å²) in [4.78, 5) is 13.2. The van der Waals surface area contributed by atoms with Gasteiger partial charge in [0.1, 0.15) is 0 Å². The van der Waals surface area contributed by atoms with Crippen LogP contribution in [0.3, 0.4) is 0 Å². The molecule has 33 heavy (non-hydrogen) atoms. The van der Waals surface area contributed by atoms with Gasteiger partial charge in [0.05, 0.1) is 5.69 Å². The van der Waals surface area contributed by atoms with Gasteiger partial charge in [-0.15, -0.1) is 0 Å². The van der Waals surface area contributed by atoms with Crippen LogP contribution < -0.4 is 0 Å². The molecule has 3 nitrogen and oxygen atoms in total. The molecule has 0 saturated heterocycles. The van der Waals surface area contributed by atoms with Gasteiger partial charge in [0.15, 0.2) is 0 Å². The van der Waals surface area contributed by atoms with Crippen molar-refractivity contribution in [2.75, 3.05) is 0 Å². The van der Waals surface area contributed by atoms with Gasteiger partial charge in [-0.1, -0.05) is 51.1 Å². The van der Waals surface area contributed by atoms with E-state index >= 15 is 0 Å². The molecule has 0 fully saturated rings. The van der Waals surface area contributed by atoms with E-state index in [9.17, 15) is 0 Å². The van der Waals surface area contributed by atoms with Crippen LogP contribution in [0.1, 0.15) is 73.6 Å². The summed E-state index contributed by atoms with van der Waals surface area (Å²) in [5, 5.41) is 0. The standard InChI is InChI=1S/C30H33N3/c1-4-24-7-9-26(10-8-24)30-20-27(13-17-33-30)22(2)18-29(25-11-15-31-16-12-25)19-23(3)28-6-5-14-32-21-28/h5-17,20-23,29H,4,18-19H2,1-3H3. The molecule has 4 rings (SSSR count). The molecule has 0 aliphatic heterocycles. The highest BCUT2D eigenvalue weighted by Crippen LogP contribution is 2.37. The molecule has 3 heteroatoms. The second-order valence-electron chi connectivity index (χ2n) is 9.06. The molecule has 3 atom stereocenters. The predicted molar refractivity (Wildman–Crippen MR) is 136 cm³/mol. The summed E-state index contributed by atoms with van der Waals surface area (Å²) in [5.74, 6) is 1.30. The molecule has 0 N–H and O–H groups in total. The molecule has 0 aliphatic rings. The Morgan fingerprint density at radius 3 is 2.06 bits per heavy atom. The highest BCUT2D eigenvalue weighted by atomic mass is 14.7. The van der Waals surface area contributed by atoms with E-state index in [0.29, 0.717) is 17.8 Å². The summed E-state index contributed by atoms with van der Waals surface area (Å²) < 4.78 is 0. The van der Waals surface area contributed by atoms with Crippen LogP contribution in [0.4, 0.5) is 0 Å². The first-order chi connectivity index (χ1) is 16.1. The van der Waals surface area contributed by atoms with Crippen molar-refractivity contribution < 1.29 is 0 Å². The summed E-state index contributed by atoms with van der Waals surface area (Å²) in [6, 6.07) is 21.8. The molecular weight excluding hydrogens is 402 g/mol. The summed E-state index contributed by atoms with van der Waals surface area (Å²) in [6.07, 6.45) is 12.8. The third kappa shape index (κ3) is 5.92. The maximum Gasteiger partial charge on any atom is 0.0704 e. The van der Waals surface area contributed by atoms with Crippen LogP contribution in [0.2, 0.25) is 0 Å². The van der Waals surface area contributed by atoms with Gasteiger partial charge in [0.2, 0.25) is 0 Å². The van der Waals surface area contributed by atoms with Crippen LogP contribution in [-0.2, 0) is 6.42 Å². The van der Waals surface area contributed by atoms with Crippen LogP contribution in [0.5, 0.6) is 0 Å². The van der Waals surface area contributed by atoms with E-state index in [0.717, 1.165) is 25.0 Å². The number of nitrogens with zero attached hydrogens (tertiary/aromatic N) is 3. The lowest BCUT2D eigenvalue weighted by Gasteiger charge is -2.25. The minimum atomic E-state index is 0.418. The third-order valence-corrected chi connectivity index (χ3v) is 6.72. The molecule has 0 amide bonds. The van der Waals surface area contributed by atoms with E-state index in [-0.39, 0.29) is 0 Å². The lowest BCUT2D eigenvalue weighted by atomic mass is 9.80. The molecule has 1 aromatic carbocycles. The summed E-state index contributed by atoms with van der Waals surface area (Å²) >= 11 is 0. The minimum absolute atomic E-state index is 0.418. The Balaban J connectivity index is 1.54. The normalized spacial score (nSPS) is 13.9. The minimum Gasteiger partial charge on any atom is -0.265 e. The quantitative estimate of drug-likeness (QED) is 0.272. The first-order valence-corrected chi connectivity index (χ1v) is 12.0. The zero-order chi connectivity index (χ0) is 23.0. The number of hydrogen-bond acceptors (Lipinski definition) is 3. The van der Waals surface area contributed by atoms with E-state index in [1.165, 1.54) is 27.8 Å². The first kappa shape index (κ1) is 22.8. The van der Waals surface area contributed by atoms with Gasteiger partial charge in [0, 0.05) is 36.5 Å². The molecule has 0 saturated carbocycles. The fraction of sp³-hybridized carbons (Fsp3) is 0.300. The Kier molecular flexibility index (Phi) is 7.62. The van der Waals surface area contributed by atoms with E-state index in [1.807, 2.05) is 37.1 Å². The van der Waals surface area contributed by atoms with Crippen LogP contribution in [0.25, 0.3) is 11.3 Å². The van der Waals surface area contributed by atoms with Crippen molar-refractivity contribution in [2.45, 2.75) is 57.8 Å².